The smallest absolute Gasteiger partial charge is 0.241 e. The first-order valence-electron chi connectivity index (χ1n) is 8.15. The van der Waals surface area contributed by atoms with Crippen molar-refractivity contribution in [2.45, 2.75) is 25.8 Å². The third-order valence-electron chi connectivity index (χ3n) is 3.77. The van der Waals surface area contributed by atoms with E-state index in [0.29, 0.717) is 6.42 Å². The van der Waals surface area contributed by atoms with Gasteiger partial charge in [0.2, 0.25) is 15.9 Å². The van der Waals surface area contributed by atoms with Crippen LogP contribution in [0.3, 0.4) is 0 Å². The molecule has 1 amide bonds. The summed E-state index contributed by atoms with van der Waals surface area (Å²) in [5.41, 5.74) is 0.755. The van der Waals surface area contributed by atoms with E-state index in [1.165, 1.54) is 12.1 Å². The zero-order valence-corrected chi connectivity index (χ0v) is 15.9. The van der Waals surface area contributed by atoms with Crippen molar-refractivity contribution in [2.24, 2.45) is 0 Å². The predicted molar refractivity (Wildman–Crippen MR) is 101 cm³/mol. The Morgan fingerprint density at radius 3 is 2.19 bits per heavy atom. The minimum absolute atomic E-state index is 0.241. The molecule has 0 atom stereocenters. The molecular weight excluding hydrogens is 355 g/mol. The summed E-state index contributed by atoms with van der Waals surface area (Å²) in [5, 5.41) is 2.87. The largest absolute Gasteiger partial charge is 0.349 e. The molecule has 2 aromatic rings. The van der Waals surface area contributed by atoms with Gasteiger partial charge in [0.1, 0.15) is 12.4 Å². The third-order valence-corrected chi connectivity index (χ3v) is 4.91. The summed E-state index contributed by atoms with van der Waals surface area (Å²) in [7, 11) is -3.69. The number of sulfonamides is 1. The van der Waals surface area contributed by atoms with Crippen LogP contribution in [0.2, 0.25) is 0 Å². The van der Waals surface area contributed by atoms with Gasteiger partial charge in [-0.2, -0.15) is 0 Å². The first kappa shape index (κ1) is 19.9. The summed E-state index contributed by atoms with van der Waals surface area (Å²) in [6.45, 7) is 3.38. The summed E-state index contributed by atoms with van der Waals surface area (Å²) in [6, 6.07) is 14.7. The number of nitrogens with one attached hydrogen (secondary N) is 1. The van der Waals surface area contributed by atoms with Gasteiger partial charge in [0.05, 0.1) is 11.9 Å². The zero-order chi connectivity index (χ0) is 19.4. The second kappa shape index (κ2) is 7.86. The average molecular weight is 378 g/mol. The Bertz CT molecular complexity index is 850. The highest BCUT2D eigenvalue weighted by molar-refractivity contribution is 7.92. The number of benzene rings is 2. The number of halogens is 1. The highest BCUT2D eigenvalue weighted by atomic mass is 32.2. The summed E-state index contributed by atoms with van der Waals surface area (Å²) >= 11 is 0. The van der Waals surface area contributed by atoms with Gasteiger partial charge in [0, 0.05) is 5.54 Å². The van der Waals surface area contributed by atoms with E-state index in [1.54, 1.807) is 0 Å². The van der Waals surface area contributed by atoms with Gasteiger partial charge in [-0.25, -0.2) is 12.8 Å². The molecule has 2 rings (SSSR count). The van der Waals surface area contributed by atoms with E-state index in [9.17, 15) is 17.6 Å². The van der Waals surface area contributed by atoms with Crippen LogP contribution in [-0.2, 0) is 21.2 Å². The van der Waals surface area contributed by atoms with Crippen LogP contribution in [0.15, 0.2) is 54.6 Å². The van der Waals surface area contributed by atoms with Crippen LogP contribution in [0.1, 0.15) is 19.4 Å². The molecule has 0 aliphatic rings. The van der Waals surface area contributed by atoms with Gasteiger partial charge in [0.25, 0.3) is 0 Å². The normalized spacial score (nSPS) is 11.8. The van der Waals surface area contributed by atoms with Gasteiger partial charge in [0.15, 0.2) is 0 Å². The van der Waals surface area contributed by atoms with Crippen LogP contribution in [0.4, 0.5) is 10.1 Å². The van der Waals surface area contributed by atoms with E-state index < -0.39 is 27.3 Å². The van der Waals surface area contributed by atoms with Crippen LogP contribution in [0.25, 0.3) is 0 Å². The maximum absolute atomic E-state index is 13.1. The number of nitrogens with zero attached hydrogens (tertiary/aromatic N) is 1. The number of amides is 1. The monoisotopic (exact) mass is 378 g/mol. The Balaban J connectivity index is 2.10. The fourth-order valence-electron chi connectivity index (χ4n) is 2.71. The first-order valence-corrected chi connectivity index (χ1v) is 10.00. The lowest BCUT2D eigenvalue weighted by molar-refractivity contribution is -0.121. The van der Waals surface area contributed by atoms with Gasteiger partial charge in [-0.15, -0.1) is 0 Å². The van der Waals surface area contributed by atoms with Crippen molar-refractivity contribution < 1.29 is 17.6 Å². The van der Waals surface area contributed by atoms with Gasteiger partial charge >= 0.3 is 0 Å². The number of anilines is 1. The topological polar surface area (TPSA) is 66.5 Å². The number of carbonyl (C=O) groups excluding carboxylic acids is 1. The molecule has 26 heavy (non-hydrogen) atoms. The van der Waals surface area contributed by atoms with Crippen LogP contribution < -0.4 is 9.62 Å². The highest BCUT2D eigenvalue weighted by Crippen LogP contribution is 2.18. The molecule has 5 nitrogen and oxygen atoms in total. The molecule has 140 valence electrons. The lowest BCUT2D eigenvalue weighted by atomic mass is 9.95. The maximum atomic E-state index is 13.1. The molecule has 0 saturated carbocycles. The number of carbonyl (C=O) groups is 1. The number of hydrogen-bond acceptors (Lipinski definition) is 3. The molecule has 0 unspecified atom stereocenters. The molecule has 1 N–H and O–H groups in total. The summed E-state index contributed by atoms with van der Waals surface area (Å²) in [4.78, 5) is 12.5. The van der Waals surface area contributed by atoms with Crippen molar-refractivity contribution in [1.82, 2.24) is 5.32 Å². The van der Waals surface area contributed by atoms with Crippen molar-refractivity contribution in [1.29, 1.82) is 0 Å². The van der Waals surface area contributed by atoms with Gasteiger partial charge < -0.3 is 5.32 Å². The third kappa shape index (κ3) is 5.84. The van der Waals surface area contributed by atoms with Crippen LogP contribution >= 0.6 is 0 Å². The van der Waals surface area contributed by atoms with Gasteiger partial charge in [-0.3, -0.25) is 9.10 Å². The number of rotatable bonds is 7. The Morgan fingerprint density at radius 1 is 1.08 bits per heavy atom. The molecule has 0 aliphatic carbocycles. The van der Waals surface area contributed by atoms with Crippen LogP contribution in [-0.4, -0.2) is 32.7 Å². The molecule has 0 spiro atoms. The Kier molecular flexibility index (Phi) is 6.02. The fourth-order valence-corrected chi connectivity index (χ4v) is 3.56. The van der Waals surface area contributed by atoms with Crippen molar-refractivity contribution in [3.05, 3.63) is 66.0 Å². The molecule has 0 fully saturated rings. The SMILES string of the molecule is CC(C)(Cc1ccccc1)NC(=O)CN(c1ccc(F)cc1)S(C)(=O)=O. The Hall–Kier alpha value is -2.41. The fraction of sp³-hybridized carbons (Fsp3) is 0.316. The van der Waals surface area contributed by atoms with E-state index in [0.717, 1.165) is 28.3 Å². The lowest BCUT2D eigenvalue weighted by Gasteiger charge is -2.29. The van der Waals surface area contributed by atoms with Crippen molar-refractivity contribution in [3.8, 4) is 0 Å². The summed E-state index contributed by atoms with van der Waals surface area (Å²) in [6.07, 6.45) is 1.62. The van der Waals surface area contributed by atoms with Crippen molar-refractivity contribution >= 4 is 21.6 Å². The van der Waals surface area contributed by atoms with E-state index in [1.807, 2.05) is 44.2 Å². The predicted octanol–water partition coefficient (Wildman–Crippen LogP) is 2.73. The Morgan fingerprint density at radius 2 is 1.65 bits per heavy atom. The minimum atomic E-state index is -3.69. The van der Waals surface area contributed by atoms with Crippen molar-refractivity contribution in [3.63, 3.8) is 0 Å². The summed E-state index contributed by atoms with van der Waals surface area (Å²) in [5.74, 6) is -0.906. The zero-order valence-electron chi connectivity index (χ0n) is 15.1. The molecular formula is C19H23FN2O3S. The molecule has 2 aromatic carbocycles. The van der Waals surface area contributed by atoms with E-state index in [-0.39, 0.29) is 12.2 Å². The molecule has 7 heteroatoms. The molecule has 0 radical (unpaired) electrons. The summed E-state index contributed by atoms with van der Waals surface area (Å²) < 4.78 is 38.2. The Labute approximate surface area is 153 Å². The molecule has 0 saturated heterocycles. The van der Waals surface area contributed by atoms with Gasteiger partial charge in [-0.05, 0) is 50.1 Å². The molecule has 0 aliphatic heterocycles. The number of hydrogen-bond donors (Lipinski definition) is 1. The maximum Gasteiger partial charge on any atom is 0.241 e. The lowest BCUT2D eigenvalue weighted by Crippen LogP contribution is -2.50. The molecule has 0 aromatic heterocycles. The van der Waals surface area contributed by atoms with Gasteiger partial charge in [-0.1, -0.05) is 30.3 Å². The second-order valence-electron chi connectivity index (χ2n) is 6.84. The first-order chi connectivity index (χ1) is 12.1. The van der Waals surface area contributed by atoms with Crippen molar-refractivity contribution in [2.75, 3.05) is 17.1 Å². The minimum Gasteiger partial charge on any atom is -0.349 e. The second-order valence-corrected chi connectivity index (χ2v) is 8.75. The average Bonchev–Trinajstić information content (AvgIpc) is 2.52. The van der Waals surface area contributed by atoms with E-state index in [2.05, 4.69) is 5.32 Å². The quantitative estimate of drug-likeness (QED) is 0.806. The van der Waals surface area contributed by atoms with E-state index in [4.69, 9.17) is 0 Å². The highest BCUT2D eigenvalue weighted by Gasteiger charge is 2.25. The van der Waals surface area contributed by atoms with Crippen LogP contribution in [0.5, 0.6) is 0 Å². The van der Waals surface area contributed by atoms with E-state index >= 15 is 0 Å². The standard InChI is InChI=1S/C19H23FN2O3S/c1-19(2,13-15-7-5-4-6-8-15)21-18(23)14-22(26(3,24)25)17-11-9-16(20)10-12-17/h4-12H,13-14H2,1-3H3,(H,21,23). The molecule has 0 bridgehead atoms. The van der Waals surface area contributed by atoms with Crippen LogP contribution in [0, 0.1) is 5.82 Å². The molecule has 0 heterocycles.